The summed E-state index contributed by atoms with van der Waals surface area (Å²) in [6.45, 7) is 7.61. The van der Waals surface area contributed by atoms with Gasteiger partial charge in [0.2, 0.25) is 0 Å². The van der Waals surface area contributed by atoms with Gasteiger partial charge in [-0.2, -0.15) is 0 Å². The van der Waals surface area contributed by atoms with Crippen molar-refractivity contribution in [1.82, 2.24) is 0 Å². The molecule has 2 aliphatic rings. The van der Waals surface area contributed by atoms with Crippen molar-refractivity contribution in [1.29, 1.82) is 0 Å². The van der Waals surface area contributed by atoms with Crippen molar-refractivity contribution in [2.75, 3.05) is 6.61 Å². The number of ether oxygens (including phenoxy) is 2. The smallest absolute Gasteiger partial charge is 0.338 e. The van der Waals surface area contributed by atoms with E-state index in [9.17, 15) is 9.59 Å². The molecule has 0 saturated carbocycles. The first-order chi connectivity index (χ1) is 10.3. The molecule has 22 heavy (non-hydrogen) atoms. The van der Waals surface area contributed by atoms with Gasteiger partial charge in [0.25, 0.3) is 0 Å². The molecule has 0 heterocycles. The van der Waals surface area contributed by atoms with Crippen LogP contribution in [0.4, 0.5) is 0 Å². The average molecular weight is 300 g/mol. The molecular weight excluding hydrogens is 280 g/mol. The third-order valence-electron chi connectivity index (χ3n) is 2.99. The zero-order valence-corrected chi connectivity index (χ0v) is 13.3. The van der Waals surface area contributed by atoms with Crippen LogP contribution in [0.3, 0.4) is 0 Å². The Hall–Kier alpha value is -2.36. The highest BCUT2D eigenvalue weighted by atomic mass is 16.6. The SMILES string of the molecule is CCOC(=O)c1ccc2cc(C(=O)OC(C)(C)C)cc-2cc1. The van der Waals surface area contributed by atoms with E-state index >= 15 is 0 Å². The Morgan fingerprint density at radius 2 is 1.45 bits per heavy atom. The number of fused-ring (bicyclic) bond motifs is 1. The van der Waals surface area contributed by atoms with Crippen LogP contribution in [0, 0.1) is 0 Å². The molecule has 0 fully saturated rings. The second-order valence-electron chi connectivity index (χ2n) is 6.00. The summed E-state index contributed by atoms with van der Waals surface area (Å²) >= 11 is 0. The van der Waals surface area contributed by atoms with Crippen LogP contribution in [0.25, 0.3) is 11.1 Å². The van der Waals surface area contributed by atoms with E-state index in [1.54, 1.807) is 43.3 Å². The molecule has 2 aliphatic carbocycles. The van der Waals surface area contributed by atoms with Crippen LogP contribution in [0.15, 0.2) is 36.4 Å². The first-order valence-corrected chi connectivity index (χ1v) is 7.24. The Balaban J connectivity index is 2.29. The van der Waals surface area contributed by atoms with Crippen molar-refractivity contribution < 1.29 is 19.1 Å². The predicted molar refractivity (Wildman–Crippen MR) is 84.2 cm³/mol. The number of rotatable bonds is 3. The van der Waals surface area contributed by atoms with Crippen LogP contribution in [0.2, 0.25) is 0 Å². The number of hydrogen-bond acceptors (Lipinski definition) is 4. The Bertz CT molecular complexity index is 634. The lowest BCUT2D eigenvalue weighted by molar-refractivity contribution is 0.00698. The van der Waals surface area contributed by atoms with Crippen LogP contribution in [0.5, 0.6) is 0 Å². The van der Waals surface area contributed by atoms with E-state index < -0.39 is 5.60 Å². The van der Waals surface area contributed by atoms with Crippen molar-refractivity contribution in [2.24, 2.45) is 0 Å². The van der Waals surface area contributed by atoms with Gasteiger partial charge in [-0.15, -0.1) is 0 Å². The minimum Gasteiger partial charge on any atom is -0.462 e. The van der Waals surface area contributed by atoms with E-state index in [-0.39, 0.29) is 11.9 Å². The van der Waals surface area contributed by atoms with Gasteiger partial charge < -0.3 is 9.47 Å². The van der Waals surface area contributed by atoms with Gasteiger partial charge in [0, 0.05) is 0 Å². The highest BCUT2D eigenvalue weighted by Crippen LogP contribution is 2.27. The van der Waals surface area contributed by atoms with Gasteiger partial charge in [0.15, 0.2) is 0 Å². The molecule has 0 spiro atoms. The highest BCUT2D eigenvalue weighted by Gasteiger charge is 2.20. The fourth-order valence-corrected chi connectivity index (χ4v) is 2.05. The Labute approximate surface area is 130 Å². The standard InChI is InChI=1S/C18H20O4/c1-5-21-16(19)12-6-8-13-10-15(11-14(13)9-7-12)17(20)22-18(2,3)4/h6-11H,5H2,1-4H3. The zero-order valence-electron chi connectivity index (χ0n) is 13.3. The second-order valence-corrected chi connectivity index (χ2v) is 6.00. The topological polar surface area (TPSA) is 52.6 Å². The van der Waals surface area contributed by atoms with Crippen molar-refractivity contribution in [3.05, 3.63) is 47.5 Å². The summed E-state index contributed by atoms with van der Waals surface area (Å²) in [5.41, 5.74) is 2.21. The third kappa shape index (κ3) is 3.85. The molecular formula is C18H20O4. The number of esters is 2. The molecule has 0 aromatic carbocycles. The molecule has 0 unspecified atom stereocenters. The van der Waals surface area contributed by atoms with E-state index in [0.29, 0.717) is 17.7 Å². The lowest BCUT2D eigenvalue weighted by Gasteiger charge is -2.18. The summed E-state index contributed by atoms with van der Waals surface area (Å²) in [4.78, 5) is 23.8. The molecule has 0 radical (unpaired) electrons. The first kappa shape index (κ1) is 16.0. The molecule has 2 rings (SSSR count). The van der Waals surface area contributed by atoms with Gasteiger partial charge in [0.05, 0.1) is 17.7 Å². The summed E-state index contributed by atoms with van der Waals surface area (Å²) in [6.07, 6.45) is 0. The maximum atomic E-state index is 12.1. The number of carbonyl (C=O) groups excluding carboxylic acids is 2. The molecule has 4 nitrogen and oxygen atoms in total. The van der Waals surface area contributed by atoms with Crippen molar-refractivity contribution in [3.8, 4) is 11.1 Å². The van der Waals surface area contributed by atoms with Crippen molar-refractivity contribution in [2.45, 2.75) is 33.3 Å². The van der Waals surface area contributed by atoms with Gasteiger partial charge in [-0.3, -0.25) is 0 Å². The first-order valence-electron chi connectivity index (χ1n) is 7.24. The maximum absolute atomic E-state index is 12.1. The summed E-state index contributed by atoms with van der Waals surface area (Å²) in [7, 11) is 0. The molecule has 0 saturated heterocycles. The summed E-state index contributed by atoms with van der Waals surface area (Å²) < 4.78 is 10.3. The van der Waals surface area contributed by atoms with E-state index in [1.165, 1.54) is 0 Å². The van der Waals surface area contributed by atoms with Crippen molar-refractivity contribution in [3.63, 3.8) is 0 Å². The second kappa shape index (κ2) is 6.18. The Kier molecular flexibility index (Phi) is 4.50. The zero-order chi connectivity index (χ0) is 16.3. The number of carbonyl (C=O) groups is 2. The van der Waals surface area contributed by atoms with Gasteiger partial charge in [0.1, 0.15) is 5.60 Å². The maximum Gasteiger partial charge on any atom is 0.338 e. The number of hydrogen-bond donors (Lipinski definition) is 0. The minimum absolute atomic E-state index is 0.339. The van der Waals surface area contributed by atoms with Crippen LogP contribution in [-0.2, 0) is 9.47 Å². The lowest BCUT2D eigenvalue weighted by atomic mass is 10.2. The van der Waals surface area contributed by atoms with E-state index in [4.69, 9.17) is 9.47 Å². The van der Waals surface area contributed by atoms with E-state index in [1.807, 2.05) is 20.8 Å². The molecule has 0 bridgehead atoms. The Morgan fingerprint density at radius 1 is 0.909 bits per heavy atom. The molecule has 0 amide bonds. The monoisotopic (exact) mass is 300 g/mol. The van der Waals surface area contributed by atoms with Gasteiger partial charge in [-0.25, -0.2) is 9.59 Å². The molecule has 0 aromatic rings. The van der Waals surface area contributed by atoms with Gasteiger partial charge in [-0.1, -0.05) is 12.1 Å². The molecule has 4 heteroatoms. The molecule has 116 valence electrons. The van der Waals surface area contributed by atoms with Crippen molar-refractivity contribution >= 4 is 11.9 Å². The molecule has 0 atom stereocenters. The third-order valence-corrected chi connectivity index (χ3v) is 2.99. The Morgan fingerprint density at radius 3 is 1.91 bits per heavy atom. The van der Waals surface area contributed by atoms with E-state index in [2.05, 4.69) is 0 Å². The quantitative estimate of drug-likeness (QED) is 0.806. The minimum atomic E-state index is -0.526. The average Bonchev–Trinajstić information content (AvgIpc) is 2.71. The molecule has 0 N–H and O–H groups in total. The van der Waals surface area contributed by atoms with Gasteiger partial charge >= 0.3 is 11.9 Å². The fraction of sp³-hybridized carbons (Fsp3) is 0.333. The van der Waals surface area contributed by atoms with Crippen LogP contribution in [-0.4, -0.2) is 24.1 Å². The highest BCUT2D eigenvalue weighted by molar-refractivity contribution is 5.95. The van der Waals surface area contributed by atoms with Crippen LogP contribution < -0.4 is 0 Å². The predicted octanol–water partition coefficient (Wildman–Crippen LogP) is 3.92. The van der Waals surface area contributed by atoms with E-state index in [0.717, 1.165) is 11.1 Å². The summed E-state index contributed by atoms with van der Waals surface area (Å²) in [6, 6.07) is 10.5. The van der Waals surface area contributed by atoms with Crippen LogP contribution >= 0.6 is 0 Å². The lowest BCUT2D eigenvalue weighted by Crippen LogP contribution is -2.23. The summed E-state index contributed by atoms with van der Waals surface area (Å²) in [5.74, 6) is -0.704. The largest absolute Gasteiger partial charge is 0.462 e. The fourth-order valence-electron chi connectivity index (χ4n) is 2.05. The summed E-state index contributed by atoms with van der Waals surface area (Å²) in [5, 5.41) is 0. The normalized spacial score (nSPS) is 11.3. The van der Waals surface area contributed by atoms with Crippen LogP contribution in [0.1, 0.15) is 48.4 Å². The molecule has 0 aliphatic heterocycles. The van der Waals surface area contributed by atoms with Gasteiger partial charge in [-0.05, 0) is 63.1 Å². The molecule has 0 aromatic heterocycles.